The first-order chi connectivity index (χ1) is 10.0. The number of carbonyl (C=O) groups excluding carboxylic acids is 1. The van der Waals surface area contributed by atoms with Crippen molar-refractivity contribution in [3.8, 4) is 5.75 Å². The summed E-state index contributed by atoms with van der Waals surface area (Å²) in [4.78, 5) is 23.4. The molecule has 1 saturated heterocycles. The number of aliphatic carboxylic acids is 1. The number of ether oxygens (including phenoxy) is 1. The third kappa shape index (κ3) is 4.14. The van der Waals surface area contributed by atoms with Crippen LogP contribution in [0.1, 0.15) is 18.4 Å². The molecule has 5 nitrogen and oxygen atoms in total. The summed E-state index contributed by atoms with van der Waals surface area (Å²) in [7, 11) is 0. The minimum atomic E-state index is -1.14. The molecule has 0 saturated carbocycles. The topological polar surface area (TPSA) is 75.6 Å². The van der Waals surface area contributed by atoms with Crippen LogP contribution in [0.5, 0.6) is 5.75 Å². The zero-order valence-corrected chi connectivity index (χ0v) is 12.7. The zero-order chi connectivity index (χ0) is 15.3. The molecule has 114 valence electrons. The van der Waals surface area contributed by atoms with Gasteiger partial charge in [-0.05, 0) is 43.4 Å². The molecule has 0 spiro atoms. The smallest absolute Gasteiger partial charge is 0.329 e. The molecule has 2 N–H and O–H groups in total. The van der Waals surface area contributed by atoms with Crippen molar-refractivity contribution in [2.75, 3.05) is 18.1 Å². The fraction of sp³-hybridized carbons (Fsp3) is 0.467. The summed E-state index contributed by atoms with van der Waals surface area (Å²) in [5.41, 5.74) is -0.0322. The quantitative estimate of drug-likeness (QED) is 0.868. The van der Waals surface area contributed by atoms with Crippen LogP contribution in [0.3, 0.4) is 0 Å². The first-order valence-corrected chi connectivity index (χ1v) is 7.99. The van der Waals surface area contributed by atoms with Gasteiger partial charge in [-0.2, -0.15) is 11.8 Å². The number of carboxylic acid groups (broad SMARTS) is 1. The fourth-order valence-corrected chi connectivity index (χ4v) is 3.39. The van der Waals surface area contributed by atoms with Crippen molar-refractivity contribution in [3.63, 3.8) is 0 Å². The maximum atomic E-state index is 12.0. The van der Waals surface area contributed by atoms with Gasteiger partial charge < -0.3 is 15.2 Å². The van der Waals surface area contributed by atoms with Crippen LogP contribution in [-0.4, -0.2) is 40.6 Å². The van der Waals surface area contributed by atoms with Gasteiger partial charge in [0.15, 0.2) is 6.61 Å². The highest BCUT2D eigenvalue weighted by molar-refractivity contribution is 7.99. The van der Waals surface area contributed by atoms with Gasteiger partial charge in [-0.25, -0.2) is 4.79 Å². The maximum absolute atomic E-state index is 12.0. The largest absolute Gasteiger partial charge is 0.484 e. The number of thioether (sulfide) groups is 1. The Morgan fingerprint density at radius 3 is 2.48 bits per heavy atom. The third-order valence-corrected chi connectivity index (χ3v) is 4.51. The van der Waals surface area contributed by atoms with E-state index in [0.29, 0.717) is 18.6 Å². The van der Waals surface area contributed by atoms with E-state index in [1.54, 1.807) is 23.9 Å². The minimum absolute atomic E-state index is 0.175. The Kier molecular flexibility index (Phi) is 5.12. The highest BCUT2D eigenvalue weighted by Crippen LogP contribution is 2.27. The number of nitrogens with one attached hydrogen (secondary N) is 1. The lowest BCUT2D eigenvalue weighted by atomic mass is 9.92. The second kappa shape index (κ2) is 6.85. The fourth-order valence-electron chi connectivity index (χ4n) is 2.20. The van der Waals surface area contributed by atoms with Gasteiger partial charge in [0.05, 0.1) is 0 Å². The predicted molar refractivity (Wildman–Crippen MR) is 81.7 cm³/mol. The number of carboxylic acids is 1. The molecule has 1 aliphatic heterocycles. The van der Waals surface area contributed by atoms with Crippen LogP contribution in [0.25, 0.3) is 0 Å². The lowest BCUT2D eigenvalue weighted by molar-refractivity contribution is -0.148. The SMILES string of the molecule is Cc1ccc(OCC(=O)NC2(C(=O)O)CCSCC2)cc1. The summed E-state index contributed by atoms with van der Waals surface area (Å²) in [5.74, 6) is 0.715. The molecule has 0 aromatic heterocycles. The van der Waals surface area contributed by atoms with Crippen LogP contribution in [0.15, 0.2) is 24.3 Å². The molecule has 6 heteroatoms. The molecule has 0 unspecified atom stereocenters. The summed E-state index contributed by atoms with van der Waals surface area (Å²) < 4.78 is 5.38. The van der Waals surface area contributed by atoms with Crippen molar-refractivity contribution in [1.82, 2.24) is 5.32 Å². The Balaban J connectivity index is 1.90. The molecule has 1 aromatic rings. The molecule has 1 fully saturated rings. The van der Waals surface area contributed by atoms with Gasteiger partial charge in [-0.15, -0.1) is 0 Å². The van der Waals surface area contributed by atoms with Gasteiger partial charge in [0, 0.05) is 0 Å². The van der Waals surface area contributed by atoms with Crippen molar-refractivity contribution < 1.29 is 19.4 Å². The Bertz CT molecular complexity index is 509. The molecule has 0 bridgehead atoms. The van der Waals surface area contributed by atoms with E-state index in [1.165, 1.54) is 0 Å². The van der Waals surface area contributed by atoms with Gasteiger partial charge in [0.1, 0.15) is 11.3 Å². The number of hydrogen-bond donors (Lipinski definition) is 2. The Hall–Kier alpha value is -1.69. The van der Waals surface area contributed by atoms with Crippen LogP contribution in [0.2, 0.25) is 0 Å². The van der Waals surface area contributed by atoms with Crippen LogP contribution >= 0.6 is 11.8 Å². The second-order valence-electron chi connectivity index (χ2n) is 5.15. The molecule has 21 heavy (non-hydrogen) atoms. The normalized spacial score (nSPS) is 17.0. The van der Waals surface area contributed by atoms with Crippen molar-refractivity contribution >= 4 is 23.6 Å². The molecule has 1 aliphatic rings. The minimum Gasteiger partial charge on any atom is -0.484 e. The van der Waals surface area contributed by atoms with E-state index < -0.39 is 17.4 Å². The number of aryl methyl sites for hydroxylation is 1. The van der Waals surface area contributed by atoms with Crippen molar-refractivity contribution in [1.29, 1.82) is 0 Å². The van der Waals surface area contributed by atoms with Crippen molar-refractivity contribution in [2.24, 2.45) is 0 Å². The Morgan fingerprint density at radius 2 is 1.90 bits per heavy atom. The second-order valence-corrected chi connectivity index (χ2v) is 6.37. The van der Waals surface area contributed by atoms with E-state index in [2.05, 4.69) is 5.32 Å². The summed E-state index contributed by atoms with van der Waals surface area (Å²) in [5, 5.41) is 12.0. The van der Waals surface area contributed by atoms with E-state index in [1.807, 2.05) is 19.1 Å². The highest BCUT2D eigenvalue weighted by Gasteiger charge is 2.41. The molecule has 1 aromatic carbocycles. The van der Waals surface area contributed by atoms with E-state index in [-0.39, 0.29) is 6.61 Å². The number of rotatable bonds is 5. The van der Waals surface area contributed by atoms with Crippen molar-refractivity contribution in [3.05, 3.63) is 29.8 Å². The van der Waals surface area contributed by atoms with Crippen LogP contribution in [0, 0.1) is 6.92 Å². The molecular formula is C15H19NO4S. The predicted octanol–water partition coefficient (Wildman–Crippen LogP) is 1.84. The van der Waals surface area contributed by atoms with Crippen LogP contribution in [-0.2, 0) is 9.59 Å². The number of benzene rings is 1. The highest BCUT2D eigenvalue weighted by atomic mass is 32.2. The van der Waals surface area contributed by atoms with Crippen LogP contribution in [0.4, 0.5) is 0 Å². The third-order valence-electron chi connectivity index (χ3n) is 3.53. The van der Waals surface area contributed by atoms with Crippen LogP contribution < -0.4 is 10.1 Å². The van der Waals surface area contributed by atoms with Crippen molar-refractivity contribution in [2.45, 2.75) is 25.3 Å². The molecule has 0 radical (unpaired) electrons. The standard InChI is InChI=1S/C15H19NO4S/c1-11-2-4-12(5-3-11)20-10-13(17)16-15(14(18)19)6-8-21-9-7-15/h2-5H,6-10H2,1H3,(H,16,17)(H,18,19). The van der Waals surface area contributed by atoms with Gasteiger partial charge in [-0.1, -0.05) is 17.7 Å². The molecule has 1 heterocycles. The average Bonchev–Trinajstić information content (AvgIpc) is 2.47. The van der Waals surface area contributed by atoms with E-state index >= 15 is 0 Å². The molecule has 0 atom stereocenters. The molecule has 0 aliphatic carbocycles. The summed E-state index contributed by atoms with van der Waals surface area (Å²) in [6, 6.07) is 7.36. The Morgan fingerprint density at radius 1 is 1.29 bits per heavy atom. The average molecular weight is 309 g/mol. The first kappa shape index (κ1) is 15.7. The van der Waals surface area contributed by atoms with E-state index in [0.717, 1.165) is 17.1 Å². The lowest BCUT2D eigenvalue weighted by Gasteiger charge is -2.33. The van der Waals surface area contributed by atoms with E-state index in [9.17, 15) is 14.7 Å². The summed E-state index contributed by atoms with van der Waals surface area (Å²) in [6.07, 6.45) is 0.895. The molecular weight excluding hydrogens is 290 g/mol. The molecule has 1 amide bonds. The number of carbonyl (C=O) groups is 2. The number of hydrogen-bond acceptors (Lipinski definition) is 4. The van der Waals surface area contributed by atoms with Gasteiger partial charge >= 0.3 is 5.97 Å². The van der Waals surface area contributed by atoms with Gasteiger partial charge in [-0.3, -0.25) is 4.79 Å². The zero-order valence-electron chi connectivity index (χ0n) is 11.9. The summed E-state index contributed by atoms with van der Waals surface area (Å²) in [6.45, 7) is 1.79. The number of amides is 1. The summed E-state index contributed by atoms with van der Waals surface area (Å²) >= 11 is 1.71. The molecule has 2 rings (SSSR count). The maximum Gasteiger partial charge on any atom is 0.329 e. The monoisotopic (exact) mass is 309 g/mol. The van der Waals surface area contributed by atoms with Gasteiger partial charge in [0.25, 0.3) is 5.91 Å². The lowest BCUT2D eigenvalue weighted by Crippen LogP contribution is -2.57. The van der Waals surface area contributed by atoms with E-state index in [4.69, 9.17) is 4.74 Å². The van der Waals surface area contributed by atoms with Gasteiger partial charge in [0.2, 0.25) is 0 Å². The first-order valence-electron chi connectivity index (χ1n) is 6.83. The Labute approximate surface area is 128 Å².